The van der Waals surface area contributed by atoms with Gasteiger partial charge in [0.1, 0.15) is 0 Å². The first kappa shape index (κ1) is 13.7. The number of aryl methyl sites for hydroxylation is 2. The molecule has 2 nitrogen and oxygen atoms in total. The van der Waals surface area contributed by atoms with Gasteiger partial charge < -0.3 is 5.32 Å². The molecule has 0 fully saturated rings. The van der Waals surface area contributed by atoms with Crippen molar-refractivity contribution in [2.24, 2.45) is 0 Å². The largest absolute Gasteiger partial charge is 0.309 e. The van der Waals surface area contributed by atoms with E-state index >= 15 is 0 Å². The van der Waals surface area contributed by atoms with Crippen LogP contribution in [0.15, 0.2) is 0 Å². The smallest absolute Gasteiger partial charge is 0.0900 e. The average Bonchev–Trinajstić information content (AvgIpc) is 2.55. The quantitative estimate of drug-likeness (QED) is 0.733. The lowest BCUT2D eigenvalue weighted by Gasteiger charge is -2.12. The van der Waals surface area contributed by atoms with Crippen molar-refractivity contribution >= 4 is 11.3 Å². The van der Waals surface area contributed by atoms with Gasteiger partial charge in [0.05, 0.1) is 10.7 Å². The Labute approximate surface area is 103 Å². The monoisotopic (exact) mass is 240 g/mol. The van der Waals surface area contributed by atoms with Gasteiger partial charge in [0.25, 0.3) is 0 Å². The predicted octanol–water partition coefficient (Wildman–Crippen LogP) is 3.82. The van der Waals surface area contributed by atoms with E-state index in [1.54, 1.807) is 0 Å². The maximum absolute atomic E-state index is 4.44. The van der Waals surface area contributed by atoms with Gasteiger partial charge in [-0.3, -0.25) is 0 Å². The standard InChI is InChI=1S/C13H24N2S/c1-5-6-7-8-10(2)14-9-13-11(3)15-12(4)16-13/h10,14H,5-9H2,1-4H3. The first-order valence-corrected chi connectivity index (χ1v) is 7.11. The number of nitrogens with one attached hydrogen (secondary N) is 1. The number of rotatable bonds is 7. The molecule has 1 unspecified atom stereocenters. The molecule has 0 aliphatic rings. The Morgan fingerprint density at radius 3 is 2.62 bits per heavy atom. The van der Waals surface area contributed by atoms with Gasteiger partial charge in [0.2, 0.25) is 0 Å². The summed E-state index contributed by atoms with van der Waals surface area (Å²) in [6.45, 7) is 9.68. The fourth-order valence-electron chi connectivity index (χ4n) is 1.81. The first-order valence-electron chi connectivity index (χ1n) is 6.29. The summed E-state index contributed by atoms with van der Waals surface area (Å²) >= 11 is 1.81. The predicted molar refractivity (Wildman–Crippen MR) is 72.0 cm³/mol. The van der Waals surface area contributed by atoms with E-state index in [0.717, 1.165) is 6.54 Å². The number of unbranched alkanes of at least 4 members (excludes halogenated alkanes) is 2. The van der Waals surface area contributed by atoms with E-state index in [0.29, 0.717) is 6.04 Å². The molecule has 0 radical (unpaired) electrons. The molecule has 3 heteroatoms. The zero-order chi connectivity index (χ0) is 12.0. The Hall–Kier alpha value is -0.410. The van der Waals surface area contributed by atoms with Gasteiger partial charge in [-0.1, -0.05) is 26.2 Å². The zero-order valence-electron chi connectivity index (χ0n) is 11.0. The highest BCUT2D eigenvalue weighted by Gasteiger charge is 2.06. The third kappa shape index (κ3) is 4.62. The van der Waals surface area contributed by atoms with Crippen molar-refractivity contribution in [3.63, 3.8) is 0 Å². The topological polar surface area (TPSA) is 24.9 Å². The van der Waals surface area contributed by atoms with E-state index in [1.807, 2.05) is 11.3 Å². The molecule has 0 aromatic carbocycles. The SMILES string of the molecule is CCCCCC(C)NCc1sc(C)nc1C. The van der Waals surface area contributed by atoms with Crippen LogP contribution in [0.25, 0.3) is 0 Å². The lowest BCUT2D eigenvalue weighted by molar-refractivity contribution is 0.488. The fraction of sp³-hybridized carbons (Fsp3) is 0.769. The summed E-state index contributed by atoms with van der Waals surface area (Å²) in [7, 11) is 0. The molecule has 0 aliphatic carbocycles. The van der Waals surface area contributed by atoms with E-state index in [-0.39, 0.29) is 0 Å². The highest BCUT2D eigenvalue weighted by atomic mass is 32.1. The summed E-state index contributed by atoms with van der Waals surface area (Å²) in [5.74, 6) is 0. The number of hydrogen-bond acceptors (Lipinski definition) is 3. The summed E-state index contributed by atoms with van der Waals surface area (Å²) in [6.07, 6.45) is 5.28. The number of hydrogen-bond donors (Lipinski definition) is 1. The van der Waals surface area contributed by atoms with Gasteiger partial charge >= 0.3 is 0 Å². The van der Waals surface area contributed by atoms with E-state index in [1.165, 1.54) is 41.3 Å². The number of aromatic nitrogens is 1. The summed E-state index contributed by atoms with van der Waals surface area (Å²) in [4.78, 5) is 5.83. The second-order valence-electron chi connectivity index (χ2n) is 4.52. The maximum Gasteiger partial charge on any atom is 0.0900 e. The Bertz CT molecular complexity index is 307. The van der Waals surface area contributed by atoms with Crippen molar-refractivity contribution in [3.05, 3.63) is 15.6 Å². The van der Waals surface area contributed by atoms with Gasteiger partial charge in [-0.15, -0.1) is 11.3 Å². The van der Waals surface area contributed by atoms with E-state index in [9.17, 15) is 0 Å². The molecule has 1 rings (SSSR count). The molecule has 0 saturated carbocycles. The summed E-state index contributed by atoms with van der Waals surface area (Å²) < 4.78 is 0. The Morgan fingerprint density at radius 2 is 2.06 bits per heavy atom. The van der Waals surface area contributed by atoms with Crippen molar-refractivity contribution in [1.82, 2.24) is 10.3 Å². The van der Waals surface area contributed by atoms with Gasteiger partial charge in [-0.25, -0.2) is 4.98 Å². The van der Waals surface area contributed by atoms with Crippen LogP contribution in [-0.2, 0) is 6.54 Å². The van der Waals surface area contributed by atoms with Crippen LogP contribution < -0.4 is 5.32 Å². The highest BCUT2D eigenvalue weighted by Crippen LogP contribution is 2.17. The molecule has 0 bridgehead atoms. The average molecular weight is 240 g/mol. The molecule has 1 heterocycles. The maximum atomic E-state index is 4.44. The van der Waals surface area contributed by atoms with Gasteiger partial charge in [0.15, 0.2) is 0 Å². The molecule has 1 aromatic heterocycles. The Morgan fingerprint density at radius 1 is 1.31 bits per heavy atom. The van der Waals surface area contributed by atoms with Gasteiger partial charge in [-0.05, 0) is 27.2 Å². The molecule has 16 heavy (non-hydrogen) atoms. The molecule has 0 amide bonds. The minimum atomic E-state index is 0.619. The summed E-state index contributed by atoms with van der Waals surface area (Å²) in [5.41, 5.74) is 1.19. The van der Waals surface area contributed by atoms with E-state index in [4.69, 9.17) is 0 Å². The third-order valence-corrected chi connectivity index (χ3v) is 3.92. The minimum absolute atomic E-state index is 0.619. The third-order valence-electron chi connectivity index (χ3n) is 2.85. The molecular weight excluding hydrogens is 216 g/mol. The number of thiazole rings is 1. The zero-order valence-corrected chi connectivity index (χ0v) is 11.8. The van der Waals surface area contributed by atoms with Crippen LogP contribution in [0.3, 0.4) is 0 Å². The number of nitrogens with zero attached hydrogens (tertiary/aromatic N) is 1. The molecule has 0 aliphatic heterocycles. The molecule has 1 atom stereocenters. The van der Waals surface area contributed by atoms with Gasteiger partial charge in [-0.2, -0.15) is 0 Å². The Balaban J connectivity index is 2.26. The van der Waals surface area contributed by atoms with Crippen LogP contribution >= 0.6 is 11.3 Å². The Kier molecular flexibility index (Phi) is 5.99. The van der Waals surface area contributed by atoms with Crippen LogP contribution in [0, 0.1) is 13.8 Å². The van der Waals surface area contributed by atoms with Crippen molar-refractivity contribution in [2.45, 2.75) is 66.0 Å². The van der Waals surface area contributed by atoms with Crippen molar-refractivity contribution in [1.29, 1.82) is 0 Å². The molecular formula is C13H24N2S. The summed E-state index contributed by atoms with van der Waals surface area (Å²) in [5, 5.41) is 4.76. The lowest BCUT2D eigenvalue weighted by Crippen LogP contribution is -2.25. The highest BCUT2D eigenvalue weighted by molar-refractivity contribution is 7.11. The van der Waals surface area contributed by atoms with Crippen LogP contribution in [0.4, 0.5) is 0 Å². The van der Waals surface area contributed by atoms with E-state index < -0.39 is 0 Å². The van der Waals surface area contributed by atoms with Crippen molar-refractivity contribution in [3.8, 4) is 0 Å². The van der Waals surface area contributed by atoms with Crippen LogP contribution in [-0.4, -0.2) is 11.0 Å². The summed E-state index contributed by atoms with van der Waals surface area (Å²) in [6, 6.07) is 0.619. The molecule has 92 valence electrons. The normalized spacial score (nSPS) is 13.0. The molecule has 0 saturated heterocycles. The van der Waals surface area contributed by atoms with Crippen molar-refractivity contribution in [2.75, 3.05) is 0 Å². The van der Waals surface area contributed by atoms with Crippen LogP contribution in [0.5, 0.6) is 0 Å². The molecule has 0 spiro atoms. The second kappa shape index (κ2) is 7.02. The molecule has 1 aromatic rings. The van der Waals surface area contributed by atoms with Gasteiger partial charge in [0, 0.05) is 17.5 Å². The second-order valence-corrected chi connectivity index (χ2v) is 5.81. The molecule has 1 N–H and O–H groups in total. The van der Waals surface area contributed by atoms with Crippen molar-refractivity contribution < 1.29 is 0 Å². The fourth-order valence-corrected chi connectivity index (χ4v) is 2.70. The van der Waals surface area contributed by atoms with Crippen LogP contribution in [0.1, 0.15) is 55.1 Å². The van der Waals surface area contributed by atoms with Crippen LogP contribution in [0.2, 0.25) is 0 Å². The van der Waals surface area contributed by atoms with E-state index in [2.05, 4.69) is 38.0 Å². The first-order chi connectivity index (χ1) is 7.63. The lowest BCUT2D eigenvalue weighted by atomic mass is 10.1. The minimum Gasteiger partial charge on any atom is -0.309 e.